The number of nitrogens with zero attached hydrogens (tertiary/aromatic N) is 3. The summed E-state index contributed by atoms with van der Waals surface area (Å²) in [6.07, 6.45) is 5.94. The van der Waals surface area contributed by atoms with Gasteiger partial charge in [-0.3, -0.25) is 9.78 Å². The maximum atomic E-state index is 12.7. The molecule has 2 heterocycles. The molecule has 1 aromatic carbocycles. The number of likely N-dealkylation sites (N-methyl/N-ethyl adjacent to an activating group) is 1. The lowest BCUT2D eigenvalue weighted by Gasteiger charge is -2.17. The fraction of sp³-hybridized carbons (Fsp3) is 0.190. The van der Waals surface area contributed by atoms with Crippen molar-refractivity contribution in [3.8, 4) is 0 Å². The fourth-order valence-corrected chi connectivity index (χ4v) is 2.86. The lowest BCUT2D eigenvalue weighted by molar-refractivity contribution is 0.0796. The van der Waals surface area contributed by atoms with E-state index in [4.69, 9.17) is 11.6 Å². The minimum atomic E-state index is -0.0350. The van der Waals surface area contributed by atoms with E-state index in [1.54, 1.807) is 42.7 Å². The highest BCUT2D eigenvalue weighted by Crippen LogP contribution is 2.17. The normalized spacial score (nSPS) is 10.4. The van der Waals surface area contributed by atoms with Crippen molar-refractivity contribution >= 4 is 23.3 Å². The number of amides is 1. The third-order valence-corrected chi connectivity index (χ3v) is 4.63. The van der Waals surface area contributed by atoms with Crippen molar-refractivity contribution in [1.82, 2.24) is 14.9 Å². The van der Waals surface area contributed by atoms with Gasteiger partial charge in [-0.15, -0.1) is 0 Å². The molecule has 0 aliphatic heterocycles. The second-order valence-corrected chi connectivity index (χ2v) is 6.61. The van der Waals surface area contributed by atoms with Gasteiger partial charge < -0.3 is 10.2 Å². The number of halogens is 1. The molecule has 1 N–H and O–H groups in total. The van der Waals surface area contributed by atoms with Gasteiger partial charge >= 0.3 is 0 Å². The van der Waals surface area contributed by atoms with E-state index in [1.165, 1.54) is 0 Å². The first-order valence-electron chi connectivity index (χ1n) is 8.71. The summed E-state index contributed by atoms with van der Waals surface area (Å²) in [5, 5.41) is 3.92. The predicted molar refractivity (Wildman–Crippen MR) is 108 cm³/mol. The zero-order valence-corrected chi connectivity index (χ0v) is 15.9. The Kier molecular flexibility index (Phi) is 6.39. The quantitative estimate of drug-likeness (QED) is 0.671. The van der Waals surface area contributed by atoms with Crippen molar-refractivity contribution in [2.24, 2.45) is 0 Å². The molecule has 5 nitrogen and oxygen atoms in total. The van der Waals surface area contributed by atoms with Crippen LogP contribution in [0.25, 0.3) is 0 Å². The molecule has 0 aliphatic rings. The monoisotopic (exact) mass is 380 g/mol. The molecule has 3 aromatic rings. The number of aromatic nitrogens is 2. The van der Waals surface area contributed by atoms with Gasteiger partial charge in [0.1, 0.15) is 5.82 Å². The van der Waals surface area contributed by atoms with Crippen LogP contribution in [0.4, 0.5) is 5.82 Å². The van der Waals surface area contributed by atoms with Crippen LogP contribution in [0, 0.1) is 0 Å². The van der Waals surface area contributed by atoms with Crippen LogP contribution in [0.1, 0.15) is 21.5 Å². The molecule has 0 bridgehead atoms. The van der Waals surface area contributed by atoms with Gasteiger partial charge in [-0.25, -0.2) is 4.98 Å². The summed E-state index contributed by atoms with van der Waals surface area (Å²) in [5.74, 6) is 0.607. The lowest BCUT2D eigenvalue weighted by atomic mass is 10.1. The molecule has 0 atom stereocenters. The van der Waals surface area contributed by atoms with Gasteiger partial charge in [0, 0.05) is 49.3 Å². The van der Waals surface area contributed by atoms with Gasteiger partial charge in [-0.1, -0.05) is 29.8 Å². The number of carbonyl (C=O) groups is 1. The van der Waals surface area contributed by atoms with E-state index in [2.05, 4.69) is 15.3 Å². The Morgan fingerprint density at radius 2 is 1.89 bits per heavy atom. The van der Waals surface area contributed by atoms with Crippen LogP contribution in [-0.4, -0.2) is 34.4 Å². The van der Waals surface area contributed by atoms with Crippen LogP contribution in [0.3, 0.4) is 0 Å². The first-order valence-corrected chi connectivity index (χ1v) is 9.09. The molecule has 0 fully saturated rings. The number of anilines is 1. The molecule has 0 aliphatic carbocycles. The summed E-state index contributed by atoms with van der Waals surface area (Å²) in [6, 6.07) is 15.1. The summed E-state index contributed by atoms with van der Waals surface area (Å²) in [4.78, 5) is 22.7. The summed E-state index contributed by atoms with van der Waals surface area (Å²) >= 11 is 6.17. The van der Waals surface area contributed by atoms with Gasteiger partial charge in [-0.2, -0.15) is 0 Å². The standard InChI is InChI=1S/C21H21ClN4O/c1-26(13-9-16-6-10-23-11-7-16)21(27)17-8-12-24-20(14-17)25-15-18-4-2-3-5-19(18)22/h2-8,10-12,14H,9,13,15H2,1H3,(H,24,25). The van der Waals surface area contributed by atoms with Crippen molar-refractivity contribution < 1.29 is 4.79 Å². The van der Waals surface area contributed by atoms with Crippen LogP contribution >= 0.6 is 11.6 Å². The zero-order valence-electron chi connectivity index (χ0n) is 15.1. The first-order chi connectivity index (χ1) is 13.1. The molecule has 6 heteroatoms. The number of rotatable bonds is 7. The molecule has 0 saturated carbocycles. The molecule has 27 heavy (non-hydrogen) atoms. The Balaban J connectivity index is 1.60. The van der Waals surface area contributed by atoms with E-state index < -0.39 is 0 Å². The molecule has 1 amide bonds. The minimum absolute atomic E-state index is 0.0350. The second kappa shape index (κ2) is 9.14. The highest BCUT2D eigenvalue weighted by molar-refractivity contribution is 6.31. The fourth-order valence-electron chi connectivity index (χ4n) is 2.66. The third kappa shape index (κ3) is 5.28. The van der Waals surface area contributed by atoms with Gasteiger partial charge in [0.2, 0.25) is 0 Å². The number of pyridine rings is 2. The highest BCUT2D eigenvalue weighted by Gasteiger charge is 2.12. The van der Waals surface area contributed by atoms with Crippen molar-refractivity contribution in [1.29, 1.82) is 0 Å². The van der Waals surface area contributed by atoms with E-state index in [0.29, 0.717) is 29.5 Å². The van der Waals surface area contributed by atoms with Crippen LogP contribution in [0.15, 0.2) is 67.1 Å². The van der Waals surface area contributed by atoms with Gasteiger partial charge in [-0.05, 0) is 47.9 Å². The van der Waals surface area contributed by atoms with Gasteiger partial charge in [0.25, 0.3) is 5.91 Å². The summed E-state index contributed by atoms with van der Waals surface area (Å²) < 4.78 is 0. The Morgan fingerprint density at radius 3 is 2.67 bits per heavy atom. The van der Waals surface area contributed by atoms with Crippen molar-refractivity contribution in [2.75, 3.05) is 18.9 Å². The highest BCUT2D eigenvalue weighted by atomic mass is 35.5. The molecule has 2 aromatic heterocycles. The Labute approximate surface area is 164 Å². The van der Waals surface area contributed by atoms with Gasteiger partial charge in [0.15, 0.2) is 0 Å². The van der Waals surface area contributed by atoms with Crippen LogP contribution < -0.4 is 5.32 Å². The lowest BCUT2D eigenvalue weighted by Crippen LogP contribution is -2.29. The molecular weight excluding hydrogens is 360 g/mol. The summed E-state index contributed by atoms with van der Waals surface area (Å²) in [7, 11) is 1.81. The number of carbonyl (C=O) groups excluding carboxylic acids is 1. The van der Waals surface area contributed by atoms with Crippen LogP contribution in [0.5, 0.6) is 0 Å². The average Bonchev–Trinajstić information content (AvgIpc) is 2.72. The number of hydrogen-bond acceptors (Lipinski definition) is 4. The zero-order chi connectivity index (χ0) is 19.1. The Bertz CT molecular complexity index is 901. The third-order valence-electron chi connectivity index (χ3n) is 4.26. The molecule has 0 radical (unpaired) electrons. The summed E-state index contributed by atoms with van der Waals surface area (Å²) in [6.45, 7) is 1.18. The number of benzene rings is 1. The molecule has 0 saturated heterocycles. The van der Waals surface area contributed by atoms with E-state index in [0.717, 1.165) is 17.5 Å². The Morgan fingerprint density at radius 1 is 1.11 bits per heavy atom. The first kappa shape index (κ1) is 18.9. The van der Waals surface area contributed by atoms with Gasteiger partial charge in [0.05, 0.1) is 0 Å². The predicted octanol–water partition coefficient (Wildman–Crippen LogP) is 4.06. The second-order valence-electron chi connectivity index (χ2n) is 6.21. The van der Waals surface area contributed by atoms with Crippen molar-refractivity contribution in [3.63, 3.8) is 0 Å². The van der Waals surface area contributed by atoms with E-state index in [1.807, 2.05) is 36.4 Å². The van der Waals surface area contributed by atoms with E-state index >= 15 is 0 Å². The maximum absolute atomic E-state index is 12.7. The molecular formula is C21H21ClN4O. The van der Waals surface area contributed by atoms with Crippen LogP contribution in [0.2, 0.25) is 5.02 Å². The molecule has 3 rings (SSSR count). The molecule has 0 unspecified atom stereocenters. The minimum Gasteiger partial charge on any atom is -0.366 e. The van der Waals surface area contributed by atoms with Crippen molar-refractivity contribution in [3.05, 3.63) is 88.8 Å². The Hall–Kier alpha value is -2.92. The number of hydrogen-bond donors (Lipinski definition) is 1. The largest absolute Gasteiger partial charge is 0.366 e. The SMILES string of the molecule is CN(CCc1ccncc1)C(=O)c1ccnc(NCc2ccccc2Cl)c1. The summed E-state index contributed by atoms with van der Waals surface area (Å²) in [5.41, 5.74) is 2.73. The maximum Gasteiger partial charge on any atom is 0.253 e. The molecule has 138 valence electrons. The van der Waals surface area contributed by atoms with Crippen LogP contribution in [-0.2, 0) is 13.0 Å². The van der Waals surface area contributed by atoms with E-state index in [9.17, 15) is 4.79 Å². The topological polar surface area (TPSA) is 58.1 Å². The molecule has 0 spiro atoms. The average molecular weight is 381 g/mol. The van der Waals surface area contributed by atoms with Crippen molar-refractivity contribution in [2.45, 2.75) is 13.0 Å². The smallest absolute Gasteiger partial charge is 0.253 e. The number of nitrogens with one attached hydrogen (secondary N) is 1. The van der Waals surface area contributed by atoms with E-state index in [-0.39, 0.29) is 5.91 Å².